The molecule has 0 spiro atoms. The molecule has 0 aliphatic heterocycles. The molecule has 0 heterocycles. The zero-order valence-corrected chi connectivity index (χ0v) is 11.8. The minimum Gasteiger partial charge on any atom is -1.00 e. The average Bonchev–Trinajstić information content (AvgIpc) is 2.25. The number of Topliss-reactive ketones (excluding diaryl/α,β-unsaturated/α-hetero) is 1. The van der Waals surface area contributed by atoms with Crippen molar-refractivity contribution >= 4 is 17.8 Å². The smallest absolute Gasteiger partial charge is 1.00 e. The second-order valence-corrected chi connectivity index (χ2v) is 3.16. The van der Waals surface area contributed by atoms with Crippen molar-refractivity contribution in [1.82, 2.24) is 0 Å². The van der Waals surface area contributed by atoms with Gasteiger partial charge < -0.3 is 11.3 Å². The Morgan fingerprint density at radius 1 is 1.35 bits per heavy atom. The van der Waals surface area contributed by atoms with Crippen molar-refractivity contribution in [3.8, 4) is 0 Å². The number of carboxylic acids is 1. The van der Waals surface area contributed by atoms with E-state index in [0.717, 1.165) is 5.56 Å². The molecule has 17 heavy (non-hydrogen) atoms. The Morgan fingerprint density at radius 2 is 1.94 bits per heavy atom. The fourth-order valence-corrected chi connectivity index (χ4v) is 1.09. The van der Waals surface area contributed by atoms with Gasteiger partial charge in [0.05, 0.1) is 0 Å². The van der Waals surface area contributed by atoms with Crippen LogP contribution in [0, 0.1) is 0 Å². The van der Waals surface area contributed by atoms with Crippen LogP contribution in [-0.2, 0) is 14.3 Å². The summed E-state index contributed by atoms with van der Waals surface area (Å²) < 4.78 is 4.88. The summed E-state index contributed by atoms with van der Waals surface area (Å²) in [5.41, 5.74) is 0.790. The van der Waals surface area contributed by atoms with E-state index in [1.165, 1.54) is 13.0 Å². The Bertz CT molecular complexity index is 417. The third kappa shape index (κ3) is 6.26. The molecule has 0 saturated heterocycles. The molecule has 0 aromatic heterocycles. The minimum atomic E-state index is -1.11. The first kappa shape index (κ1) is 15.9. The standard InChI is InChI=1S/C12H12O4.Na.H/c1-9(13)11(16-8-12(14)15)7-10-5-3-2-4-6-10;;/h2-7H,8H2,1H3,(H,14,15);;/q;+1;-1/b11-7+;;. The Hall–Kier alpha value is -1.10. The topological polar surface area (TPSA) is 63.6 Å². The first-order chi connectivity index (χ1) is 7.59. The molecule has 86 valence electrons. The second kappa shape index (κ2) is 8.06. The van der Waals surface area contributed by atoms with Crippen LogP contribution >= 0.6 is 0 Å². The van der Waals surface area contributed by atoms with Gasteiger partial charge in [0, 0.05) is 6.92 Å². The van der Waals surface area contributed by atoms with Crippen LogP contribution in [0.5, 0.6) is 0 Å². The van der Waals surface area contributed by atoms with E-state index in [0.29, 0.717) is 0 Å². The number of carbonyl (C=O) groups excluding carboxylic acids is 1. The maximum absolute atomic E-state index is 11.2. The molecule has 0 aliphatic carbocycles. The maximum Gasteiger partial charge on any atom is 1.00 e. The number of aliphatic carboxylic acids is 1. The third-order valence-corrected chi connectivity index (χ3v) is 1.80. The van der Waals surface area contributed by atoms with E-state index in [1.54, 1.807) is 12.1 Å². The molecule has 1 aromatic rings. The van der Waals surface area contributed by atoms with Crippen LogP contribution in [0.1, 0.15) is 13.9 Å². The molecule has 0 atom stereocenters. The van der Waals surface area contributed by atoms with Crippen molar-refractivity contribution in [3.63, 3.8) is 0 Å². The average molecular weight is 244 g/mol. The summed E-state index contributed by atoms with van der Waals surface area (Å²) in [4.78, 5) is 21.5. The zero-order valence-electron chi connectivity index (χ0n) is 10.8. The van der Waals surface area contributed by atoms with Crippen LogP contribution in [0.25, 0.3) is 6.08 Å². The fraction of sp³-hybridized carbons (Fsp3) is 0.167. The quantitative estimate of drug-likeness (QED) is 0.403. The molecule has 0 saturated carbocycles. The van der Waals surface area contributed by atoms with Crippen LogP contribution in [-0.4, -0.2) is 23.5 Å². The third-order valence-electron chi connectivity index (χ3n) is 1.80. The number of ether oxygens (including phenoxy) is 1. The van der Waals surface area contributed by atoms with Crippen molar-refractivity contribution in [2.45, 2.75) is 6.92 Å². The number of ketones is 1. The predicted molar refractivity (Wildman–Crippen MR) is 59.8 cm³/mol. The van der Waals surface area contributed by atoms with Crippen LogP contribution in [0.2, 0.25) is 0 Å². The van der Waals surface area contributed by atoms with Gasteiger partial charge in [-0.05, 0) is 11.6 Å². The summed E-state index contributed by atoms with van der Waals surface area (Å²) >= 11 is 0. The monoisotopic (exact) mass is 244 g/mol. The number of allylic oxidation sites excluding steroid dienone is 1. The van der Waals surface area contributed by atoms with Gasteiger partial charge in [-0.25, -0.2) is 4.79 Å². The van der Waals surface area contributed by atoms with E-state index >= 15 is 0 Å². The normalized spacial score (nSPS) is 10.3. The van der Waals surface area contributed by atoms with E-state index in [2.05, 4.69) is 0 Å². The molecular formula is C12H13NaO4. The van der Waals surface area contributed by atoms with Gasteiger partial charge in [-0.3, -0.25) is 4.79 Å². The molecule has 0 fully saturated rings. The minimum absolute atomic E-state index is 0. The first-order valence-corrected chi connectivity index (χ1v) is 4.72. The largest absolute Gasteiger partial charge is 1.00 e. The van der Waals surface area contributed by atoms with Gasteiger partial charge in [0.2, 0.25) is 0 Å². The summed E-state index contributed by atoms with van der Waals surface area (Å²) in [5, 5.41) is 8.45. The van der Waals surface area contributed by atoms with Crippen LogP contribution in [0.4, 0.5) is 0 Å². The number of carboxylic acid groups (broad SMARTS) is 1. The van der Waals surface area contributed by atoms with E-state index < -0.39 is 12.6 Å². The summed E-state index contributed by atoms with van der Waals surface area (Å²) in [6, 6.07) is 9.09. The van der Waals surface area contributed by atoms with Gasteiger partial charge in [0.15, 0.2) is 18.1 Å². The van der Waals surface area contributed by atoms with E-state index in [9.17, 15) is 9.59 Å². The number of carbonyl (C=O) groups is 2. The summed E-state index contributed by atoms with van der Waals surface area (Å²) in [6.45, 7) is 0.814. The maximum atomic E-state index is 11.2. The van der Waals surface area contributed by atoms with Crippen LogP contribution < -0.4 is 29.6 Å². The van der Waals surface area contributed by atoms with Gasteiger partial charge >= 0.3 is 35.5 Å². The van der Waals surface area contributed by atoms with Gasteiger partial charge in [0.1, 0.15) is 0 Å². The number of benzene rings is 1. The Kier molecular flexibility index (Phi) is 7.54. The Balaban J connectivity index is 0. The molecule has 0 unspecified atom stereocenters. The number of hydrogen-bond acceptors (Lipinski definition) is 3. The summed E-state index contributed by atoms with van der Waals surface area (Å²) in [5.74, 6) is -1.36. The molecule has 1 N–H and O–H groups in total. The second-order valence-electron chi connectivity index (χ2n) is 3.16. The Labute approximate surface area is 123 Å². The molecule has 0 bridgehead atoms. The van der Waals surface area contributed by atoms with Crippen molar-refractivity contribution in [1.29, 1.82) is 0 Å². The van der Waals surface area contributed by atoms with Crippen molar-refractivity contribution in [2.75, 3.05) is 6.61 Å². The molecule has 1 aromatic carbocycles. The van der Waals surface area contributed by atoms with Gasteiger partial charge in [-0.15, -0.1) is 0 Å². The van der Waals surface area contributed by atoms with Crippen molar-refractivity contribution in [3.05, 3.63) is 41.7 Å². The summed E-state index contributed by atoms with van der Waals surface area (Å²) in [6.07, 6.45) is 1.52. The van der Waals surface area contributed by atoms with Crippen LogP contribution in [0.15, 0.2) is 36.1 Å². The van der Waals surface area contributed by atoms with E-state index in [1.807, 2.05) is 18.2 Å². The van der Waals surface area contributed by atoms with E-state index in [-0.39, 0.29) is 42.5 Å². The molecule has 0 amide bonds. The molecule has 0 aliphatic rings. The first-order valence-electron chi connectivity index (χ1n) is 4.72. The van der Waals surface area contributed by atoms with Gasteiger partial charge in [-0.1, -0.05) is 30.3 Å². The van der Waals surface area contributed by atoms with Crippen LogP contribution in [0.3, 0.4) is 0 Å². The van der Waals surface area contributed by atoms with Gasteiger partial charge in [-0.2, -0.15) is 0 Å². The van der Waals surface area contributed by atoms with E-state index in [4.69, 9.17) is 9.84 Å². The molecule has 0 radical (unpaired) electrons. The zero-order chi connectivity index (χ0) is 12.0. The van der Waals surface area contributed by atoms with Crippen molar-refractivity contribution < 1.29 is 50.4 Å². The predicted octanol–water partition coefficient (Wildman–Crippen LogP) is -1.17. The number of hydrogen-bond donors (Lipinski definition) is 1. The molecule has 4 nitrogen and oxygen atoms in total. The number of rotatable bonds is 5. The Morgan fingerprint density at radius 3 is 2.41 bits per heavy atom. The summed E-state index contributed by atoms with van der Waals surface area (Å²) in [7, 11) is 0. The molecule has 5 heteroatoms. The van der Waals surface area contributed by atoms with Crippen molar-refractivity contribution in [2.24, 2.45) is 0 Å². The molecular weight excluding hydrogens is 231 g/mol. The SMILES string of the molecule is CC(=O)/C(=C\c1ccccc1)OCC(=O)O.[H-].[Na+]. The van der Waals surface area contributed by atoms with Gasteiger partial charge in [0.25, 0.3) is 0 Å². The fourth-order valence-electron chi connectivity index (χ4n) is 1.09. The molecule has 1 rings (SSSR count).